The minimum Gasteiger partial charge on any atom is -0.393 e. The standard InChI is InChI=1S/C27H45N7O/c1-3-4-13-28-27-29-18-24-25(31-34(26(24)30-27)22-9-11-23(35)12-10-22)21-7-5-20(6-8-21)19-33-16-14-32(2)15-17-33/h18,20-23,35H,3-17,19H2,1-2H3,(H,28,29,30)/t20-,21+,22-,23-. The first-order valence-corrected chi connectivity index (χ1v) is 14.2. The van der Waals surface area contributed by atoms with Crippen molar-refractivity contribution >= 4 is 17.0 Å². The summed E-state index contributed by atoms with van der Waals surface area (Å²) in [5.74, 6) is 2.03. The van der Waals surface area contributed by atoms with Crippen molar-refractivity contribution in [2.45, 2.75) is 89.2 Å². The van der Waals surface area contributed by atoms with E-state index >= 15 is 0 Å². The summed E-state index contributed by atoms with van der Waals surface area (Å²) in [6.45, 7) is 9.19. The Labute approximate surface area is 210 Å². The number of anilines is 1. The van der Waals surface area contributed by atoms with Gasteiger partial charge in [0.15, 0.2) is 5.65 Å². The topological polar surface area (TPSA) is 82.3 Å². The minimum atomic E-state index is -0.163. The van der Waals surface area contributed by atoms with Gasteiger partial charge in [0.25, 0.3) is 0 Å². The van der Waals surface area contributed by atoms with Crippen LogP contribution < -0.4 is 5.32 Å². The lowest BCUT2D eigenvalue weighted by Crippen LogP contribution is -2.46. The average Bonchev–Trinajstić information content (AvgIpc) is 3.25. The first-order chi connectivity index (χ1) is 17.1. The van der Waals surface area contributed by atoms with Crippen LogP contribution in [0.15, 0.2) is 6.20 Å². The highest BCUT2D eigenvalue weighted by Gasteiger charge is 2.31. The van der Waals surface area contributed by atoms with Crippen LogP contribution in [0.5, 0.6) is 0 Å². The van der Waals surface area contributed by atoms with E-state index in [0.717, 1.165) is 62.0 Å². The molecule has 0 amide bonds. The summed E-state index contributed by atoms with van der Waals surface area (Å²) in [5.41, 5.74) is 2.19. The molecule has 194 valence electrons. The lowest BCUT2D eigenvalue weighted by molar-refractivity contribution is 0.108. The number of aliphatic hydroxyl groups is 1. The van der Waals surface area contributed by atoms with E-state index in [1.54, 1.807) is 0 Å². The number of rotatable bonds is 8. The lowest BCUT2D eigenvalue weighted by atomic mass is 9.80. The van der Waals surface area contributed by atoms with E-state index in [4.69, 9.17) is 10.1 Å². The number of fused-ring (bicyclic) bond motifs is 1. The molecule has 2 N–H and O–H groups in total. The van der Waals surface area contributed by atoms with Crippen LogP contribution in [-0.2, 0) is 0 Å². The first-order valence-electron chi connectivity index (χ1n) is 14.2. The SMILES string of the molecule is CCCCNc1ncc2c(n1)n([C@H]1CC[C@H](O)CC1)nc2[C@H]1CC[C@@H](CN2CCN(C)CC2)CC1. The predicted molar refractivity (Wildman–Crippen MR) is 141 cm³/mol. The van der Waals surface area contributed by atoms with Crippen LogP contribution in [0.25, 0.3) is 11.0 Å². The third-order valence-electron chi connectivity index (χ3n) is 8.65. The van der Waals surface area contributed by atoms with Crippen LogP contribution in [0.4, 0.5) is 5.95 Å². The summed E-state index contributed by atoms with van der Waals surface area (Å²) in [6, 6.07) is 0.321. The van der Waals surface area contributed by atoms with Crippen molar-refractivity contribution in [1.82, 2.24) is 29.5 Å². The molecule has 1 saturated heterocycles. The Bertz CT molecular complexity index is 938. The van der Waals surface area contributed by atoms with Crippen molar-refractivity contribution in [3.8, 4) is 0 Å². The predicted octanol–water partition coefficient (Wildman–Crippen LogP) is 4.04. The van der Waals surface area contributed by atoms with Crippen molar-refractivity contribution in [2.75, 3.05) is 51.6 Å². The molecule has 35 heavy (non-hydrogen) atoms. The van der Waals surface area contributed by atoms with E-state index in [1.165, 1.54) is 64.1 Å². The molecule has 3 fully saturated rings. The monoisotopic (exact) mass is 483 g/mol. The number of nitrogens with zero attached hydrogens (tertiary/aromatic N) is 6. The molecule has 8 nitrogen and oxygen atoms in total. The van der Waals surface area contributed by atoms with E-state index in [0.29, 0.717) is 17.9 Å². The normalized spacial score (nSPS) is 29.0. The Morgan fingerprint density at radius 3 is 2.46 bits per heavy atom. The number of aromatic nitrogens is 4. The van der Waals surface area contributed by atoms with Gasteiger partial charge in [0.05, 0.1) is 23.2 Å². The number of aliphatic hydroxyl groups excluding tert-OH is 1. The van der Waals surface area contributed by atoms with Crippen LogP contribution in [-0.4, -0.2) is 87.1 Å². The number of likely N-dealkylation sites (N-methyl/N-ethyl adjacent to an activating group) is 1. The molecular formula is C27H45N7O. The summed E-state index contributed by atoms with van der Waals surface area (Å²) in [4.78, 5) is 14.8. The molecule has 1 aliphatic heterocycles. The highest BCUT2D eigenvalue weighted by atomic mass is 16.3. The summed E-state index contributed by atoms with van der Waals surface area (Å²) >= 11 is 0. The van der Waals surface area contributed by atoms with Gasteiger partial charge in [-0.2, -0.15) is 10.1 Å². The van der Waals surface area contributed by atoms with Gasteiger partial charge in [0, 0.05) is 51.4 Å². The van der Waals surface area contributed by atoms with Gasteiger partial charge in [0.2, 0.25) is 5.95 Å². The number of hydrogen-bond acceptors (Lipinski definition) is 7. The maximum atomic E-state index is 10.0. The van der Waals surface area contributed by atoms with Gasteiger partial charge in [-0.3, -0.25) is 0 Å². The summed E-state index contributed by atoms with van der Waals surface area (Å²) in [7, 11) is 2.23. The van der Waals surface area contributed by atoms with Crippen LogP contribution in [0.3, 0.4) is 0 Å². The molecule has 3 aliphatic rings. The highest BCUT2D eigenvalue weighted by Crippen LogP contribution is 2.40. The van der Waals surface area contributed by atoms with Crippen LogP contribution in [0.2, 0.25) is 0 Å². The third kappa shape index (κ3) is 5.97. The number of nitrogens with one attached hydrogen (secondary N) is 1. The Morgan fingerprint density at radius 2 is 1.74 bits per heavy atom. The fraction of sp³-hybridized carbons (Fsp3) is 0.815. The fourth-order valence-electron chi connectivity index (χ4n) is 6.28. The van der Waals surface area contributed by atoms with Crippen LogP contribution in [0.1, 0.15) is 88.8 Å². The molecule has 0 aromatic carbocycles. The van der Waals surface area contributed by atoms with E-state index in [-0.39, 0.29) is 6.10 Å². The average molecular weight is 484 g/mol. The Hall–Kier alpha value is -1.77. The van der Waals surface area contributed by atoms with Gasteiger partial charge in [-0.15, -0.1) is 0 Å². The van der Waals surface area contributed by atoms with Gasteiger partial charge >= 0.3 is 0 Å². The molecule has 3 heterocycles. The minimum absolute atomic E-state index is 0.163. The number of piperazine rings is 1. The van der Waals surface area contributed by atoms with Gasteiger partial charge < -0.3 is 20.2 Å². The molecule has 2 saturated carbocycles. The highest BCUT2D eigenvalue weighted by molar-refractivity contribution is 5.79. The lowest BCUT2D eigenvalue weighted by Gasteiger charge is -2.36. The van der Waals surface area contributed by atoms with Crippen molar-refractivity contribution in [1.29, 1.82) is 0 Å². The van der Waals surface area contributed by atoms with Crippen molar-refractivity contribution in [3.63, 3.8) is 0 Å². The van der Waals surface area contributed by atoms with E-state index in [2.05, 4.69) is 38.8 Å². The van der Waals surface area contributed by atoms with Crippen LogP contribution >= 0.6 is 0 Å². The summed E-state index contributed by atoms with van der Waals surface area (Å²) < 4.78 is 2.19. The smallest absolute Gasteiger partial charge is 0.224 e. The Balaban J connectivity index is 1.31. The molecule has 0 radical (unpaired) electrons. The number of hydrogen-bond donors (Lipinski definition) is 2. The molecule has 0 unspecified atom stereocenters. The van der Waals surface area contributed by atoms with Crippen molar-refractivity contribution in [3.05, 3.63) is 11.9 Å². The van der Waals surface area contributed by atoms with Crippen molar-refractivity contribution in [2.24, 2.45) is 5.92 Å². The second-order valence-corrected chi connectivity index (χ2v) is 11.3. The zero-order valence-electron chi connectivity index (χ0n) is 21.8. The summed E-state index contributed by atoms with van der Waals surface area (Å²) in [6.07, 6.45) is 12.8. The molecule has 2 aliphatic carbocycles. The van der Waals surface area contributed by atoms with E-state index in [9.17, 15) is 5.11 Å². The molecule has 8 heteroatoms. The van der Waals surface area contributed by atoms with Gasteiger partial charge in [0.1, 0.15) is 0 Å². The zero-order valence-corrected chi connectivity index (χ0v) is 21.8. The zero-order chi connectivity index (χ0) is 24.2. The molecule has 0 atom stereocenters. The molecule has 0 bridgehead atoms. The molecule has 0 spiro atoms. The van der Waals surface area contributed by atoms with Gasteiger partial charge in [-0.05, 0) is 70.8 Å². The summed E-state index contributed by atoms with van der Waals surface area (Å²) in [5, 5.41) is 19.8. The van der Waals surface area contributed by atoms with E-state index < -0.39 is 0 Å². The number of unbranched alkanes of at least 4 members (excludes halogenated alkanes) is 1. The Kier molecular flexibility index (Phi) is 8.20. The molecule has 2 aromatic rings. The molecular weight excluding hydrogens is 438 g/mol. The molecule has 5 rings (SSSR count). The van der Waals surface area contributed by atoms with Crippen LogP contribution in [0, 0.1) is 5.92 Å². The third-order valence-corrected chi connectivity index (χ3v) is 8.65. The van der Waals surface area contributed by atoms with Gasteiger partial charge in [-0.25, -0.2) is 9.67 Å². The largest absolute Gasteiger partial charge is 0.393 e. The maximum Gasteiger partial charge on any atom is 0.224 e. The first kappa shape index (κ1) is 24.9. The maximum absolute atomic E-state index is 10.0. The van der Waals surface area contributed by atoms with E-state index in [1.807, 2.05) is 6.20 Å². The second-order valence-electron chi connectivity index (χ2n) is 11.3. The van der Waals surface area contributed by atoms with Crippen molar-refractivity contribution < 1.29 is 5.11 Å². The fourth-order valence-corrected chi connectivity index (χ4v) is 6.28. The molecule has 2 aromatic heterocycles. The quantitative estimate of drug-likeness (QED) is 0.549. The second kappa shape index (κ2) is 11.5. The Morgan fingerprint density at radius 1 is 1.00 bits per heavy atom. The van der Waals surface area contributed by atoms with Gasteiger partial charge in [-0.1, -0.05) is 13.3 Å².